The topological polar surface area (TPSA) is 34.1 Å². The first-order valence-corrected chi connectivity index (χ1v) is 9.90. The number of Topliss-reactive ketones (excluding diaryl/α,β-unsaturated/α-hetero) is 1. The van der Waals surface area contributed by atoms with E-state index in [4.69, 9.17) is 0 Å². The lowest BCUT2D eigenvalue weighted by Gasteiger charge is -2.53. The first-order valence-electron chi connectivity index (χ1n) is 9.90. The molecule has 0 aliphatic heterocycles. The van der Waals surface area contributed by atoms with Crippen LogP contribution in [0.25, 0.3) is 0 Å². The summed E-state index contributed by atoms with van der Waals surface area (Å²) in [4.78, 5) is 24.9. The standard InChI is InChI=1S/C22H28O2/c1-20-9-6-18-16-4-3-14-13-15(23)5-11-21(14,2)17(16)7-12-22(18,20)19(24)8-10-20/h13,17H,3-12H2,1-2H3/t17?,20-,21-,22+/m0/s1. The molecular weight excluding hydrogens is 296 g/mol. The molecule has 0 radical (unpaired) electrons. The Morgan fingerprint density at radius 3 is 2.54 bits per heavy atom. The van der Waals surface area contributed by atoms with Gasteiger partial charge in [-0.1, -0.05) is 30.6 Å². The summed E-state index contributed by atoms with van der Waals surface area (Å²) >= 11 is 0. The molecule has 0 bridgehead atoms. The van der Waals surface area contributed by atoms with Crippen molar-refractivity contribution in [1.29, 1.82) is 0 Å². The lowest BCUT2D eigenvalue weighted by molar-refractivity contribution is -0.127. The predicted octanol–water partition coefficient (Wildman–Crippen LogP) is 4.93. The Balaban J connectivity index is 1.66. The molecule has 0 amide bonds. The molecule has 0 aromatic heterocycles. The second kappa shape index (κ2) is 4.51. The largest absolute Gasteiger partial charge is 0.299 e. The van der Waals surface area contributed by atoms with Gasteiger partial charge in [0, 0.05) is 12.8 Å². The molecule has 0 heterocycles. The van der Waals surface area contributed by atoms with Gasteiger partial charge in [0.05, 0.1) is 5.41 Å². The summed E-state index contributed by atoms with van der Waals surface area (Å²) in [6.07, 6.45) is 12.3. The minimum absolute atomic E-state index is 0.0963. The van der Waals surface area contributed by atoms with Crippen LogP contribution in [0, 0.1) is 22.2 Å². The molecular formula is C22H28O2. The van der Waals surface area contributed by atoms with Crippen LogP contribution in [0.3, 0.4) is 0 Å². The zero-order valence-corrected chi connectivity index (χ0v) is 15.0. The molecule has 24 heavy (non-hydrogen) atoms. The van der Waals surface area contributed by atoms with E-state index in [0.29, 0.717) is 23.9 Å². The number of carbonyl (C=O) groups is 2. The Kier molecular flexibility index (Phi) is 2.84. The van der Waals surface area contributed by atoms with Crippen LogP contribution in [0.4, 0.5) is 0 Å². The lowest BCUT2D eigenvalue weighted by atomic mass is 9.50. The molecule has 5 rings (SSSR count). The average molecular weight is 324 g/mol. The molecule has 3 fully saturated rings. The molecule has 128 valence electrons. The maximum absolute atomic E-state index is 13.0. The molecule has 0 saturated heterocycles. The summed E-state index contributed by atoms with van der Waals surface area (Å²) in [5, 5.41) is 0. The SMILES string of the molecule is C[C@]12CCC(=O)[C@]13CCC1C(=C3CC2)CCC2=CC(=O)CC[C@@]21C. The van der Waals surface area contributed by atoms with Crippen LogP contribution in [0.15, 0.2) is 22.8 Å². The van der Waals surface area contributed by atoms with Crippen molar-refractivity contribution < 1.29 is 9.59 Å². The van der Waals surface area contributed by atoms with Crippen molar-refractivity contribution >= 4 is 11.6 Å². The number of allylic oxidation sites excluding steroid dienone is 4. The Bertz CT molecular complexity index is 726. The minimum atomic E-state index is -0.0963. The summed E-state index contributed by atoms with van der Waals surface area (Å²) < 4.78 is 0. The maximum atomic E-state index is 13.0. The molecule has 5 aliphatic carbocycles. The summed E-state index contributed by atoms with van der Waals surface area (Å²) in [6, 6.07) is 0. The predicted molar refractivity (Wildman–Crippen MR) is 93.4 cm³/mol. The van der Waals surface area contributed by atoms with Gasteiger partial charge in [0.1, 0.15) is 5.78 Å². The van der Waals surface area contributed by atoms with Gasteiger partial charge in [-0.2, -0.15) is 0 Å². The second-order valence-corrected chi connectivity index (χ2v) is 9.54. The van der Waals surface area contributed by atoms with Crippen LogP contribution >= 0.6 is 0 Å². The normalized spacial score (nSPS) is 47.1. The zero-order valence-electron chi connectivity index (χ0n) is 15.0. The Morgan fingerprint density at radius 2 is 1.71 bits per heavy atom. The van der Waals surface area contributed by atoms with Crippen LogP contribution in [0.5, 0.6) is 0 Å². The summed E-state index contributed by atoms with van der Waals surface area (Å²) in [6.45, 7) is 4.79. The first kappa shape index (κ1) is 15.1. The van der Waals surface area contributed by atoms with Gasteiger partial charge in [0.2, 0.25) is 0 Å². The van der Waals surface area contributed by atoms with Crippen molar-refractivity contribution in [3.8, 4) is 0 Å². The van der Waals surface area contributed by atoms with Gasteiger partial charge in [-0.05, 0) is 74.2 Å². The molecule has 3 saturated carbocycles. The third kappa shape index (κ3) is 1.54. The molecule has 1 spiro atoms. The van der Waals surface area contributed by atoms with E-state index in [1.54, 1.807) is 11.1 Å². The first-order chi connectivity index (χ1) is 11.4. The summed E-state index contributed by atoms with van der Waals surface area (Å²) in [7, 11) is 0. The molecule has 2 nitrogen and oxygen atoms in total. The van der Waals surface area contributed by atoms with Gasteiger partial charge < -0.3 is 0 Å². The van der Waals surface area contributed by atoms with Gasteiger partial charge in [0.25, 0.3) is 0 Å². The van der Waals surface area contributed by atoms with E-state index < -0.39 is 0 Å². The van der Waals surface area contributed by atoms with E-state index in [1.807, 2.05) is 6.08 Å². The van der Waals surface area contributed by atoms with Gasteiger partial charge in [-0.3, -0.25) is 9.59 Å². The van der Waals surface area contributed by atoms with Crippen LogP contribution in [0.2, 0.25) is 0 Å². The Hall–Kier alpha value is -1.18. The van der Waals surface area contributed by atoms with Gasteiger partial charge in [-0.15, -0.1) is 0 Å². The highest BCUT2D eigenvalue weighted by molar-refractivity contribution is 5.93. The monoisotopic (exact) mass is 324 g/mol. The van der Waals surface area contributed by atoms with Crippen molar-refractivity contribution in [3.63, 3.8) is 0 Å². The number of rotatable bonds is 0. The number of fused-ring (bicyclic) bond motifs is 3. The highest BCUT2D eigenvalue weighted by Gasteiger charge is 2.65. The Morgan fingerprint density at radius 1 is 0.917 bits per heavy atom. The van der Waals surface area contributed by atoms with Crippen molar-refractivity contribution in [2.24, 2.45) is 22.2 Å². The van der Waals surface area contributed by atoms with Crippen molar-refractivity contribution in [2.45, 2.75) is 78.1 Å². The lowest BCUT2D eigenvalue weighted by Crippen LogP contribution is -2.46. The summed E-state index contributed by atoms with van der Waals surface area (Å²) in [5.41, 5.74) is 4.94. The average Bonchev–Trinajstić information content (AvgIpc) is 2.99. The number of carbonyl (C=O) groups excluding carboxylic acids is 2. The van der Waals surface area contributed by atoms with E-state index in [9.17, 15) is 9.59 Å². The Labute approximate surface area is 144 Å². The fourth-order valence-corrected chi connectivity index (χ4v) is 7.44. The smallest absolute Gasteiger partial charge is 0.155 e. The zero-order chi connectivity index (χ0) is 16.7. The minimum Gasteiger partial charge on any atom is -0.299 e. The van der Waals surface area contributed by atoms with Crippen molar-refractivity contribution in [2.75, 3.05) is 0 Å². The van der Waals surface area contributed by atoms with E-state index >= 15 is 0 Å². The quantitative estimate of drug-likeness (QED) is 0.592. The molecule has 1 unspecified atom stereocenters. The maximum Gasteiger partial charge on any atom is 0.155 e. The van der Waals surface area contributed by atoms with Crippen molar-refractivity contribution in [3.05, 3.63) is 22.8 Å². The molecule has 4 atom stereocenters. The second-order valence-electron chi connectivity index (χ2n) is 9.54. The van der Waals surface area contributed by atoms with E-state index in [1.165, 1.54) is 12.0 Å². The number of hydrogen-bond acceptors (Lipinski definition) is 2. The van der Waals surface area contributed by atoms with E-state index in [2.05, 4.69) is 13.8 Å². The van der Waals surface area contributed by atoms with Gasteiger partial charge in [0.15, 0.2) is 5.78 Å². The third-order valence-corrected chi connectivity index (χ3v) is 8.86. The fourth-order valence-electron chi connectivity index (χ4n) is 7.44. The molecule has 2 heteroatoms. The summed E-state index contributed by atoms with van der Waals surface area (Å²) in [5.74, 6) is 1.46. The third-order valence-electron chi connectivity index (χ3n) is 8.86. The van der Waals surface area contributed by atoms with Gasteiger partial charge >= 0.3 is 0 Å². The van der Waals surface area contributed by atoms with Crippen LogP contribution < -0.4 is 0 Å². The van der Waals surface area contributed by atoms with E-state index in [0.717, 1.165) is 51.4 Å². The van der Waals surface area contributed by atoms with Crippen LogP contribution in [0.1, 0.15) is 78.1 Å². The highest BCUT2D eigenvalue weighted by atomic mass is 16.1. The highest BCUT2D eigenvalue weighted by Crippen LogP contribution is 2.71. The van der Waals surface area contributed by atoms with E-state index in [-0.39, 0.29) is 16.2 Å². The van der Waals surface area contributed by atoms with Crippen LogP contribution in [-0.4, -0.2) is 11.6 Å². The fraction of sp³-hybridized carbons (Fsp3) is 0.727. The van der Waals surface area contributed by atoms with Crippen LogP contribution in [-0.2, 0) is 9.59 Å². The molecule has 5 aliphatic rings. The number of hydrogen-bond donors (Lipinski definition) is 0. The number of ketones is 2. The van der Waals surface area contributed by atoms with Gasteiger partial charge in [-0.25, -0.2) is 0 Å². The van der Waals surface area contributed by atoms with Crippen molar-refractivity contribution in [1.82, 2.24) is 0 Å². The molecule has 0 aromatic carbocycles. The molecule has 0 N–H and O–H groups in total. The molecule has 0 aromatic rings.